The third-order valence-corrected chi connectivity index (χ3v) is 6.94. The Balaban J connectivity index is 1.42. The highest BCUT2D eigenvalue weighted by Gasteiger charge is 2.23. The number of carbonyl (C=O) groups excluding carboxylic acids is 2. The lowest BCUT2D eigenvalue weighted by molar-refractivity contribution is -0.130. The van der Waals surface area contributed by atoms with Crippen LogP contribution < -0.4 is 25.1 Å². The number of aromatic nitrogens is 2. The van der Waals surface area contributed by atoms with Crippen molar-refractivity contribution in [3.63, 3.8) is 0 Å². The van der Waals surface area contributed by atoms with Crippen LogP contribution in [0.2, 0.25) is 0 Å². The van der Waals surface area contributed by atoms with Crippen LogP contribution in [-0.4, -0.2) is 71.8 Å². The quantitative estimate of drug-likeness (QED) is 0.338. The molecule has 2 amide bonds. The summed E-state index contributed by atoms with van der Waals surface area (Å²) in [5.41, 5.74) is 1.35. The summed E-state index contributed by atoms with van der Waals surface area (Å²) in [6, 6.07) is 20.8. The number of rotatable bonds is 8. The van der Waals surface area contributed by atoms with Crippen molar-refractivity contribution in [2.24, 2.45) is 0 Å². The van der Waals surface area contributed by atoms with Crippen LogP contribution in [-0.2, 0) is 4.79 Å². The average Bonchev–Trinajstić information content (AvgIpc) is 3.03. The van der Waals surface area contributed by atoms with E-state index >= 15 is 0 Å². The molecule has 1 aliphatic rings. The molecule has 1 N–H and O–H groups in total. The Kier molecular flexibility index (Phi) is 8.37. The lowest BCUT2D eigenvalue weighted by Gasteiger charge is -2.34. The Morgan fingerprint density at radius 3 is 2.10 bits per heavy atom. The summed E-state index contributed by atoms with van der Waals surface area (Å²) in [6.45, 7) is 3.51. The largest absolute Gasteiger partial charge is 0.497 e. The standard InChI is InChI=1S/C31H31N5O6/c1-21(37)34-15-17-35(18-16-34)30(38)22-7-9-23(10-8-22)33-29-28(42-27-6-4-5-26(19-27)41-3)20-32-36(31(29)39)24-11-13-25(40-2)14-12-24/h4-14,19-20,33H,15-18H2,1-3H3. The monoisotopic (exact) mass is 569 g/mol. The molecule has 1 aromatic heterocycles. The summed E-state index contributed by atoms with van der Waals surface area (Å²) in [5.74, 6) is 1.82. The third-order valence-electron chi connectivity index (χ3n) is 6.94. The highest BCUT2D eigenvalue weighted by Crippen LogP contribution is 2.31. The average molecular weight is 570 g/mol. The first-order valence-electron chi connectivity index (χ1n) is 13.4. The number of methoxy groups -OCH3 is 2. The van der Waals surface area contributed by atoms with Crippen LogP contribution in [0, 0.1) is 0 Å². The highest BCUT2D eigenvalue weighted by molar-refractivity contribution is 5.95. The molecule has 3 aromatic carbocycles. The molecule has 42 heavy (non-hydrogen) atoms. The number of hydrogen-bond donors (Lipinski definition) is 1. The molecular weight excluding hydrogens is 538 g/mol. The number of anilines is 2. The summed E-state index contributed by atoms with van der Waals surface area (Å²) >= 11 is 0. The second-order valence-corrected chi connectivity index (χ2v) is 9.58. The molecule has 0 radical (unpaired) electrons. The molecule has 11 nitrogen and oxygen atoms in total. The lowest BCUT2D eigenvalue weighted by Crippen LogP contribution is -2.50. The molecule has 1 fully saturated rings. The minimum Gasteiger partial charge on any atom is -0.497 e. The SMILES string of the molecule is COc1ccc(-n2ncc(Oc3cccc(OC)c3)c(Nc3ccc(C(=O)N4CCN(C(C)=O)CC4)cc3)c2=O)cc1. The number of hydrogen-bond acceptors (Lipinski definition) is 8. The van der Waals surface area contributed by atoms with Crippen molar-refractivity contribution in [3.05, 3.63) is 94.9 Å². The predicted octanol–water partition coefficient (Wildman–Crippen LogP) is 4.09. The topological polar surface area (TPSA) is 115 Å². The van der Waals surface area contributed by atoms with E-state index in [1.807, 2.05) is 0 Å². The molecule has 4 aromatic rings. The molecule has 0 aliphatic carbocycles. The predicted molar refractivity (Wildman–Crippen MR) is 157 cm³/mol. The van der Waals surface area contributed by atoms with Gasteiger partial charge < -0.3 is 29.3 Å². The van der Waals surface area contributed by atoms with E-state index in [4.69, 9.17) is 14.2 Å². The van der Waals surface area contributed by atoms with Gasteiger partial charge in [0.15, 0.2) is 11.4 Å². The summed E-state index contributed by atoms with van der Waals surface area (Å²) in [5, 5.41) is 7.51. The fourth-order valence-electron chi connectivity index (χ4n) is 4.58. The fourth-order valence-corrected chi connectivity index (χ4v) is 4.58. The first-order chi connectivity index (χ1) is 20.4. The van der Waals surface area contributed by atoms with Crippen LogP contribution in [0.1, 0.15) is 17.3 Å². The van der Waals surface area contributed by atoms with Gasteiger partial charge in [0, 0.05) is 50.4 Å². The van der Waals surface area contributed by atoms with Crippen LogP contribution in [0.3, 0.4) is 0 Å². The van der Waals surface area contributed by atoms with E-state index in [2.05, 4.69) is 10.4 Å². The van der Waals surface area contributed by atoms with Crippen LogP contribution in [0.5, 0.6) is 23.0 Å². The van der Waals surface area contributed by atoms with E-state index in [0.717, 1.165) is 0 Å². The van der Waals surface area contributed by atoms with Crippen molar-refractivity contribution in [2.75, 3.05) is 45.7 Å². The zero-order chi connectivity index (χ0) is 29.6. The Labute approximate surface area is 242 Å². The highest BCUT2D eigenvalue weighted by atomic mass is 16.5. The first kappa shape index (κ1) is 28.2. The number of carbonyl (C=O) groups is 2. The molecule has 0 spiro atoms. The van der Waals surface area contributed by atoms with Crippen LogP contribution in [0.4, 0.5) is 11.4 Å². The van der Waals surface area contributed by atoms with Crippen molar-refractivity contribution in [2.45, 2.75) is 6.92 Å². The number of piperazine rings is 1. The van der Waals surface area contributed by atoms with E-state index in [-0.39, 0.29) is 23.3 Å². The summed E-state index contributed by atoms with van der Waals surface area (Å²) < 4.78 is 17.9. The van der Waals surface area contributed by atoms with E-state index in [9.17, 15) is 14.4 Å². The molecule has 0 saturated carbocycles. The molecule has 1 aliphatic heterocycles. The Hall–Kier alpha value is -5.32. The van der Waals surface area contributed by atoms with Gasteiger partial charge in [-0.15, -0.1) is 0 Å². The number of benzene rings is 3. The summed E-state index contributed by atoms with van der Waals surface area (Å²) in [7, 11) is 3.13. The van der Waals surface area contributed by atoms with E-state index in [1.54, 1.807) is 96.8 Å². The Bertz CT molecular complexity index is 1630. The molecule has 1 saturated heterocycles. The van der Waals surface area contributed by atoms with Gasteiger partial charge in [-0.2, -0.15) is 9.78 Å². The molecule has 5 rings (SSSR count). The molecule has 11 heteroatoms. The van der Waals surface area contributed by atoms with Crippen molar-refractivity contribution in [3.8, 4) is 28.7 Å². The van der Waals surface area contributed by atoms with E-state index < -0.39 is 5.56 Å². The van der Waals surface area contributed by atoms with Gasteiger partial charge in [-0.25, -0.2) is 0 Å². The second kappa shape index (κ2) is 12.5. The maximum absolute atomic E-state index is 13.7. The van der Waals surface area contributed by atoms with Gasteiger partial charge in [-0.3, -0.25) is 14.4 Å². The van der Waals surface area contributed by atoms with Crippen LogP contribution >= 0.6 is 0 Å². The van der Waals surface area contributed by atoms with Crippen molar-refractivity contribution in [1.29, 1.82) is 0 Å². The molecular formula is C31H31N5O6. The minimum atomic E-state index is -0.441. The molecule has 0 unspecified atom stereocenters. The number of nitrogens with zero attached hydrogens (tertiary/aromatic N) is 4. The third kappa shape index (κ3) is 6.20. The number of ether oxygens (including phenoxy) is 3. The smallest absolute Gasteiger partial charge is 0.299 e. The second-order valence-electron chi connectivity index (χ2n) is 9.58. The number of nitrogens with one attached hydrogen (secondary N) is 1. The van der Waals surface area contributed by atoms with Crippen LogP contribution in [0.25, 0.3) is 5.69 Å². The zero-order valence-electron chi connectivity index (χ0n) is 23.6. The van der Waals surface area contributed by atoms with Crippen molar-refractivity contribution >= 4 is 23.2 Å². The van der Waals surface area contributed by atoms with Gasteiger partial charge in [0.1, 0.15) is 17.2 Å². The normalized spacial score (nSPS) is 12.9. The maximum Gasteiger partial charge on any atom is 0.299 e. The van der Waals surface area contributed by atoms with Gasteiger partial charge in [0.25, 0.3) is 11.5 Å². The molecule has 0 atom stereocenters. The van der Waals surface area contributed by atoms with Gasteiger partial charge in [-0.05, 0) is 60.7 Å². The summed E-state index contributed by atoms with van der Waals surface area (Å²) in [6.07, 6.45) is 1.46. The van der Waals surface area contributed by atoms with Crippen LogP contribution in [0.15, 0.2) is 83.8 Å². The Morgan fingerprint density at radius 2 is 1.45 bits per heavy atom. The number of amides is 2. The van der Waals surface area contributed by atoms with Gasteiger partial charge in [-0.1, -0.05) is 6.07 Å². The van der Waals surface area contributed by atoms with Gasteiger partial charge in [0.2, 0.25) is 5.91 Å². The van der Waals surface area contributed by atoms with Crippen molar-refractivity contribution < 1.29 is 23.8 Å². The molecule has 216 valence electrons. The van der Waals surface area contributed by atoms with E-state index in [1.165, 1.54) is 17.8 Å². The maximum atomic E-state index is 13.7. The van der Waals surface area contributed by atoms with Gasteiger partial charge >= 0.3 is 0 Å². The lowest BCUT2D eigenvalue weighted by atomic mass is 10.1. The zero-order valence-corrected chi connectivity index (χ0v) is 23.6. The Morgan fingerprint density at radius 1 is 0.810 bits per heavy atom. The fraction of sp³-hybridized carbons (Fsp3) is 0.226. The van der Waals surface area contributed by atoms with Gasteiger partial charge in [0.05, 0.1) is 26.1 Å². The van der Waals surface area contributed by atoms with E-state index in [0.29, 0.717) is 60.4 Å². The minimum absolute atomic E-state index is 0.00874. The molecule has 2 heterocycles. The summed E-state index contributed by atoms with van der Waals surface area (Å²) in [4.78, 5) is 41.9. The first-order valence-corrected chi connectivity index (χ1v) is 13.4. The van der Waals surface area contributed by atoms with Crippen molar-refractivity contribution in [1.82, 2.24) is 19.6 Å². The molecule has 0 bridgehead atoms.